The number of nitrogens with zero attached hydrogens (tertiary/aromatic N) is 4. The molecular weight excluding hydrogens is 352 g/mol. The highest BCUT2D eigenvalue weighted by Gasteiger charge is 2.22. The summed E-state index contributed by atoms with van der Waals surface area (Å²) in [7, 11) is 0. The maximum atomic E-state index is 12.4. The van der Waals surface area contributed by atoms with Crippen LogP contribution in [0.15, 0.2) is 28.8 Å². The lowest BCUT2D eigenvalue weighted by Gasteiger charge is -2.34. The van der Waals surface area contributed by atoms with Gasteiger partial charge in [-0.2, -0.15) is 4.98 Å². The Balaban J connectivity index is 1.42. The molecule has 0 N–H and O–H groups in total. The zero-order chi connectivity index (χ0) is 19.8. The van der Waals surface area contributed by atoms with Crippen LogP contribution in [0, 0.1) is 6.92 Å². The van der Waals surface area contributed by atoms with E-state index < -0.39 is 0 Å². The van der Waals surface area contributed by atoms with Crippen molar-refractivity contribution in [2.75, 3.05) is 26.2 Å². The molecule has 1 aliphatic rings. The quantitative estimate of drug-likeness (QED) is 0.610. The van der Waals surface area contributed by atoms with Crippen molar-refractivity contribution in [2.24, 2.45) is 0 Å². The molecule has 152 valence electrons. The fourth-order valence-electron chi connectivity index (χ4n) is 3.64. The summed E-state index contributed by atoms with van der Waals surface area (Å²) >= 11 is 0. The Kier molecular flexibility index (Phi) is 7.60. The molecule has 28 heavy (non-hydrogen) atoms. The van der Waals surface area contributed by atoms with E-state index in [1.165, 1.54) is 25.7 Å². The van der Waals surface area contributed by atoms with Crippen molar-refractivity contribution >= 4 is 5.91 Å². The van der Waals surface area contributed by atoms with Crippen LogP contribution < -0.4 is 0 Å². The van der Waals surface area contributed by atoms with Gasteiger partial charge in [0.05, 0.1) is 6.54 Å². The minimum absolute atomic E-state index is 0.302. The van der Waals surface area contributed by atoms with E-state index in [-0.39, 0.29) is 0 Å². The van der Waals surface area contributed by atoms with Crippen LogP contribution in [0.5, 0.6) is 0 Å². The second-order valence-electron chi connectivity index (χ2n) is 7.65. The monoisotopic (exact) mass is 384 g/mol. The summed E-state index contributed by atoms with van der Waals surface area (Å²) in [5.74, 6) is 1.58. The third-order valence-corrected chi connectivity index (χ3v) is 5.43. The average molecular weight is 385 g/mol. The highest BCUT2D eigenvalue weighted by atomic mass is 16.5. The van der Waals surface area contributed by atoms with Gasteiger partial charge in [-0.3, -0.25) is 9.69 Å². The van der Waals surface area contributed by atoms with Crippen molar-refractivity contribution in [3.63, 3.8) is 0 Å². The summed E-state index contributed by atoms with van der Waals surface area (Å²) in [6.45, 7) is 8.16. The number of carbonyl (C=O) groups excluding carboxylic acids is 1. The predicted octanol–water partition coefficient (Wildman–Crippen LogP) is 4.05. The molecule has 1 aliphatic heterocycles. The van der Waals surface area contributed by atoms with E-state index >= 15 is 0 Å². The first-order valence-corrected chi connectivity index (χ1v) is 10.6. The van der Waals surface area contributed by atoms with Crippen LogP contribution in [-0.2, 0) is 11.3 Å². The lowest BCUT2D eigenvalue weighted by atomic mass is 10.1. The zero-order valence-corrected chi connectivity index (χ0v) is 17.2. The second-order valence-corrected chi connectivity index (χ2v) is 7.65. The number of hydrogen-bond acceptors (Lipinski definition) is 5. The third-order valence-electron chi connectivity index (χ3n) is 5.43. The Bertz CT molecular complexity index is 750. The Hall–Kier alpha value is -2.21. The molecule has 0 atom stereocenters. The maximum absolute atomic E-state index is 12.4. The number of piperazine rings is 1. The van der Waals surface area contributed by atoms with Gasteiger partial charge in [-0.25, -0.2) is 0 Å². The summed E-state index contributed by atoms with van der Waals surface area (Å²) in [6, 6.07) is 8.05. The Morgan fingerprint density at radius 2 is 1.82 bits per heavy atom. The van der Waals surface area contributed by atoms with E-state index in [0.717, 1.165) is 43.7 Å². The summed E-state index contributed by atoms with van der Waals surface area (Å²) in [4.78, 5) is 21.2. The van der Waals surface area contributed by atoms with Gasteiger partial charge in [0.15, 0.2) is 0 Å². The molecule has 1 saturated heterocycles. The molecule has 6 heteroatoms. The lowest BCUT2D eigenvalue weighted by Crippen LogP contribution is -2.48. The molecule has 6 nitrogen and oxygen atoms in total. The van der Waals surface area contributed by atoms with Crippen LogP contribution in [0.25, 0.3) is 11.4 Å². The Morgan fingerprint density at radius 1 is 1.07 bits per heavy atom. The summed E-state index contributed by atoms with van der Waals surface area (Å²) in [6.07, 6.45) is 6.62. The van der Waals surface area contributed by atoms with Gasteiger partial charge in [-0.05, 0) is 18.9 Å². The fourth-order valence-corrected chi connectivity index (χ4v) is 3.64. The predicted molar refractivity (Wildman–Crippen MR) is 110 cm³/mol. The molecule has 3 rings (SSSR count). The average Bonchev–Trinajstić information content (AvgIpc) is 3.17. The van der Waals surface area contributed by atoms with Gasteiger partial charge in [0.25, 0.3) is 0 Å². The number of hydrogen-bond donors (Lipinski definition) is 0. The van der Waals surface area contributed by atoms with E-state index in [1.807, 2.05) is 36.1 Å². The van der Waals surface area contributed by atoms with Gasteiger partial charge in [0.1, 0.15) is 0 Å². The standard InChI is InChI=1S/C22H32N4O2/c1-3-4-5-6-7-12-21(27)26-15-13-25(14-16-26)17-20-23-22(24-28-20)19-11-9-8-10-18(19)2/h8-11H,3-7,12-17H2,1-2H3. The normalized spacial score (nSPS) is 15.1. The minimum atomic E-state index is 0.302. The zero-order valence-electron chi connectivity index (χ0n) is 17.2. The number of benzene rings is 1. The molecule has 2 heterocycles. The van der Waals surface area contributed by atoms with Crippen LogP contribution in [-0.4, -0.2) is 52.0 Å². The van der Waals surface area contributed by atoms with E-state index in [4.69, 9.17) is 4.52 Å². The molecule has 0 spiro atoms. The summed E-state index contributed by atoms with van der Waals surface area (Å²) < 4.78 is 5.45. The van der Waals surface area contributed by atoms with Crippen LogP contribution in [0.1, 0.15) is 56.9 Å². The highest BCUT2D eigenvalue weighted by molar-refractivity contribution is 5.76. The molecule has 2 aromatic rings. The van der Waals surface area contributed by atoms with E-state index in [1.54, 1.807) is 0 Å². The second kappa shape index (κ2) is 10.4. The van der Waals surface area contributed by atoms with Gasteiger partial charge < -0.3 is 9.42 Å². The number of rotatable bonds is 9. The smallest absolute Gasteiger partial charge is 0.241 e. The number of aryl methyl sites for hydroxylation is 1. The molecule has 0 radical (unpaired) electrons. The Morgan fingerprint density at radius 3 is 2.57 bits per heavy atom. The molecule has 0 unspecified atom stereocenters. The number of unbranched alkanes of at least 4 members (excludes halogenated alkanes) is 4. The molecule has 1 aromatic heterocycles. The molecular formula is C22H32N4O2. The van der Waals surface area contributed by atoms with Gasteiger partial charge in [-0.15, -0.1) is 0 Å². The van der Waals surface area contributed by atoms with E-state index in [9.17, 15) is 4.79 Å². The molecule has 1 fully saturated rings. The van der Waals surface area contributed by atoms with Crippen molar-refractivity contribution in [2.45, 2.75) is 58.9 Å². The minimum Gasteiger partial charge on any atom is -0.340 e. The molecule has 0 bridgehead atoms. The third kappa shape index (κ3) is 5.64. The number of aromatic nitrogens is 2. The molecule has 1 amide bonds. The van der Waals surface area contributed by atoms with Gasteiger partial charge in [0, 0.05) is 38.2 Å². The van der Waals surface area contributed by atoms with Crippen molar-refractivity contribution in [3.8, 4) is 11.4 Å². The van der Waals surface area contributed by atoms with Crippen molar-refractivity contribution in [1.29, 1.82) is 0 Å². The van der Waals surface area contributed by atoms with Crippen LogP contribution in [0.2, 0.25) is 0 Å². The SMILES string of the molecule is CCCCCCCC(=O)N1CCN(Cc2nc(-c3ccccc3C)no2)CC1. The first-order chi connectivity index (χ1) is 13.7. The topological polar surface area (TPSA) is 62.5 Å². The van der Waals surface area contributed by atoms with Crippen molar-refractivity contribution < 1.29 is 9.32 Å². The largest absolute Gasteiger partial charge is 0.340 e. The summed E-state index contributed by atoms with van der Waals surface area (Å²) in [5, 5.41) is 4.13. The molecule has 0 aliphatic carbocycles. The molecule has 1 aromatic carbocycles. The van der Waals surface area contributed by atoms with E-state index in [2.05, 4.69) is 22.0 Å². The first-order valence-electron chi connectivity index (χ1n) is 10.6. The highest BCUT2D eigenvalue weighted by Crippen LogP contribution is 2.20. The lowest BCUT2D eigenvalue weighted by molar-refractivity contribution is -0.133. The van der Waals surface area contributed by atoms with Crippen LogP contribution in [0.3, 0.4) is 0 Å². The summed E-state index contributed by atoms with van der Waals surface area (Å²) in [5.41, 5.74) is 2.14. The van der Waals surface area contributed by atoms with Crippen molar-refractivity contribution in [1.82, 2.24) is 19.9 Å². The number of amides is 1. The Labute approximate surface area is 167 Å². The molecule has 0 saturated carbocycles. The fraction of sp³-hybridized carbons (Fsp3) is 0.591. The van der Waals surface area contributed by atoms with Crippen LogP contribution >= 0.6 is 0 Å². The van der Waals surface area contributed by atoms with Gasteiger partial charge in [0.2, 0.25) is 17.6 Å². The van der Waals surface area contributed by atoms with E-state index in [0.29, 0.717) is 30.6 Å². The number of carbonyl (C=O) groups is 1. The van der Waals surface area contributed by atoms with Crippen molar-refractivity contribution in [3.05, 3.63) is 35.7 Å². The maximum Gasteiger partial charge on any atom is 0.241 e. The first kappa shape index (κ1) is 20.5. The van der Waals surface area contributed by atoms with Gasteiger partial charge >= 0.3 is 0 Å². The van der Waals surface area contributed by atoms with Gasteiger partial charge in [-0.1, -0.05) is 62.0 Å². The van der Waals surface area contributed by atoms with Crippen LogP contribution in [0.4, 0.5) is 0 Å².